The van der Waals surface area contributed by atoms with Crippen molar-refractivity contribution >= 4 is 34.9 Å². The number of aromatic nitrogens is 1. The molecule has 2 aromatic rings. The fraction of sp³-hybridized carbons (Fsp3) is 0.594. The van der Waals surface area contributed by atoms with Gasteiger partial charge in [0, 0.05) is 24.4 Å². The van der Waals surface area contributed by atoms with Crippen LogP contribution >= 0.6 is 11.3 Å². The number of ketones is 1. The molecule has 15 heteroatoms. The Kier molecular flexibility index (Phi) is 13.0. The molecule has 0 aliphatic carbocycles. The summed E-state index contributed by atoms with van der Waals surface area (Å²) in [4.78, 5) is 59.6. The zero-order valence-corrected chi connectivity index (χ0v) is 28.0. The molecule has 2 amide bonds. The first kappa shape index (κ1) is 38.0. The quantitative estimate of drug-likeness (QED) is 0.116. The molecular weight excluding hydrogens is 647 g/mol. The highest BCUT2D eigenvalue weighted by Crippen LogP contribution is 2.33. The number of likely N-dealkylation sites (N-methyl/N-ethyl adjacent to an activating group) is 2. The standard InChI is InChI=1S/C32H41F5N4O5S/c1-7-16(4)28(39-30(45)19-10-8-9-11-40(19)5)32(46)41(6)20(15(2)3)12-17(13-21(42)43)31-38-18(14-47-31)29(44)22-23(33)25(35)27(37)26(36)24(22)34/h14-17,19-20,28H,7-13H2,1-6H3,(H,39,45)(H,42,43)/t16?,17?,19-,20?,28?/m1/s1. The number of rotatable bonds is 14. The lowest BCUT2D eigenvalue weighted by Gasteiger charge is -2.38. The number of piperidine rings is 1. The van der Waals surface area contributed by atoms with E-state index in [2.05, 4.69) is 10.3 Å². The third kappa shape index (κ3) is 8.53. The minimum Gasteiger partial charge on any atom is -0.481 e. The van der Waals surface area contributed by atoms with Gasteiger partial charge in [-0.1, -0.05) is 40.5 Å². The van der Waals surface area contributed by atoms with Crippen molar-refractivity contribution in [2.45, 2.75) is 90.3 Å². The molecule has 2 heterocycles. The molecule has 4 unspecified atom stereocenters. The molecule has 5 atom stereocenters. The molecule has 1 aliphatic heterocycles. The highest BCUT2D eigenvalue weighted by molar-refractivity contribution is 7.10. The lowest BCUT2D eigenvalue weighted by atomic mass is 9.88. The summed E-state index contributed by atoms with van der Waals surface area (Å²) in [6.07, 6.45) is 2.70. The van der Waals surface area contributed by atoms with Crippen molar-refractivity contribution < 1.29 is 46.2 Å². The summed E-state index contributed by atoms with van der Waals surface area (Å²) in [7, 11) is 3.44. The first-order valence-corrected chi connectivity index (χ1v) is 16.4. The maximum Gasteiger partial charge on any atom is 0.304 e. The average Bonchev–Trinajstić information content (AvgIpc) is 3.53. The molecule has 0 spiro atoms. The van der Waals surface area contributed by atoms with Crippen LogP contribution < -0.4 is 5.32 Å². The maximum absolute atomic E-state index is 14.3. The van der Waals surface area contributed by atoms with Gasteiger partial charge in [0.15, 0.2) is 23.3 Å². The minimum absolute atomic E-state index is 0.0441. The van der Waals surface area contributed by atoms with Crippen LogP contribution in [0.15, 0.2) is 5.38 Å². The summed E-state index contributed by atoms with van der Waals surface area (Å²) in [5, 5.41) is 13.8. The van der Waals surface area contributed by atoms with Crippen LogP contribution in [-0.2, 0) is 14.4 Å². The fourth-order valence-corrected chi connectivity index (χ4v) is 6.80. The van der Waals surface area contributed by atoms with Gasteiger partial charge >= 0.3 is 5.97 Å². The Morgan fingerprint density at radius 1 is 1.04 bits per heavy atom. The van der Waals surface area contributed by atoms with Gasteiger partial charge in [-0.05, 0) is 44.7 Å². The van der Waals surface area contributed by atoms with E-state index in [1.54, 1.807) is 7.05 Å². The van der Waals surface area contributed by atoms with Gasteiger partial charge in [-0.2, -0.15) is 0 Å². The number of carboxylic acids is 1. The van der Waals surface area contributed by atoms with Crippen molar-refractivity contribution in [3.8, 4) is 0 Å². The lowest BCUT2D eigenvalue weighted by molar-refractivity contribution is -0.141. The monoisotopic (exact) mass is 688 g/mol. The van der Waals surface area contributed by atoms with Crippen LogP contribution in [0.3, 0.4) is 0 Å². The third-order valence-corrected chi connectivity index (χ3v) is 9.96. The molecule has 9 nitrogen and oxygen atoms in total. The van der Waals surface area contributed by atoms with Crippen molar-refractivity contribution in [3.63, 3.8) is 0 Å². The van der Waals surface area contributed by atoms with E-state index in [9.17, 15) is 46.2 Å². The number of carbonyl (C=O) groups excluding carboxylic acids is 3. The van der Waals surface area contributed by atoms with E-state index in [4.69, 9.17) is 0 Å². The minimum atomic E-state index is -2.41. The molecule has 47 heavy (non-hydrogen) atoms. The Morgan fingerprint density at radius 2 is 1.64 bits per heavy atom. The number of likely N-dealkylation sites (tertiary alicyclic amines) is 1. The van der Waals surface area contributed by atoms with Gasteiger partial charge in [0.1, 0.15) is 17.3 Å². The van der Waals surface area contributed by atoms with Crippen LogP contribution in [0.25, 0.3) is 0 Å². The van der Waals surface area contributed by atoms with Gasteiger partial charge < -0.3 is 15.3 Å². The number of hydrogen-bond donors (Lipinski definition) is 2. The number of hydrogen-bond acceptors (Lipinski definition) is 7. The first-order chi connectivity index (χ1) is 22.0. The van der Waals surface area contributed by atoms with Crippen molar-refractivity contribution in [3.05, 3.63) is 50.7 Å². The number of halogens is 5. The van der Waals surface area contributed by atoms with Gasteiger partial charge in [0.05, 0.1) is 17.5 Å². The van der Waals surface area contributed by atoms with Crippen LogP contribution in [0.5, 0.6) is 0 Å². The second-order valence-electron chi connectivity index (χ2n) is 12.5. The van der Waals surface area contributed by atoms with Gasteiger partial charge in [0.2, 0.25) is 23.4 Å². The highest BCUT2D eigenvalue weighted by Gasteiger charge is 2.37. The Bertz CT molecular complexity index is 1460. The number of amides is 2. The molecule has 1 aromatic heterocycles. The number of benzene rings is 1. The smallest absolute Gasteiger partial charge is 0.304 e. The SMILES string of the molecule is CCC(C)C(NC(=O)[C@H]1CCCCN1C)C(=O)N(C)C(CC(CC(=O)O)c1nc(C(=O)c2c(F)c(F)c(F)c(F)c2F)cs1)C(C)C. The summed E-state index contributed by atoms with van der Waals surface area (Å²) in [6, 6.07) is -1.79. The molecule has 2 N–H and O–H groups in total. The molecule has 0 radical (unpaired) electrons. The van der Waals surface area contributed by atoms with E-state index in [0.29, 0.717) is 12.8 Å². The molecule has 1 aliphatic rings. The van der Waals surface area contributed by atoms with Gasteiger partial charge in [-0.3, -0.25) is 24.1 Å². The number of carbonyl (C=O) groups is 4. The zero-order chi connectivity index (χ0) is 35.3. The van der Waals surface area contributed by atoms with Crippen LogP contribution in [0.2, 0.25) is 0 Å². The van der Waals surface area contributed by atoms with E-state index in [1.165, 1.54) is 4.90 Å². The molecule has 0 saturated carbocycles. The Labute approximate surface area is 274 Å². The van der Waals surface area contributed by atoms with Crippen LogP contribution in [-0.4, -0.2) is 82.2 Å². The largest absolute Gasteiger partial charge is 0.481 e. The Balaban J connectivity index is 1.90. The van der Waals surface area contributed by atoms with E-state index in [-0.39, 0.29) is 41.1 Å². The normalized spacial score (nSPS) is 18.0. The number of nitrogens with one attached hydrogen (secondary N) is 1. The summed E-state index contributed by atoms with van der Waals surface area (Å²) < 4.78 is 69.8. The molecule has 1 saturated heterocycles. The number of nitrogens with zero attached hydrogens (tertiary/aromatic N) is 3. The number of aliphatic carboxylic acids is 1. The molecule has 1 aromatic carbocycles. The van der Waals surface area contributed by atoms with Crippen LogP contribution in [0.4, 0.5) is 22.0 Å². The summed E-state index contributed by atoms with van der Waals surface area (Å²) >= 11 is 0.792. The fourth-order valence-electron chi connectivity index (χ4n) is 5.88. The summed E-state index contributed by atoms with van der Waals surface area (Å²) in [5.74, 6) is -16.3. The van der Waals surface area contributed by atoms with E-state index >= 15 is 0 Å². The van der Waals surface area contributed by atoms with Crippen molar-refractivity contribution in [2.24, 2.45) is 11.8 Å². The van der Waals surface area contributed by atoms with Crippen molar-refractivity contribution in [1.82, 2.24) is 20.1 Å². The highest BCUT2D eigenvalue weighted by atomic mass is 32.1. The summed E-state index contributed by atoms with van der Waals surface area (Å²) in [5.41, 5.74) is -2.29. The van der Waals surface area contributed by atoms with Gasteiger partial charge in [-0.15, -0.1) is 11.3 Å². The maximum atomic E-state index is 14.3. The lowest BCUT2D eigenvalue weighted by Crippen LogP contribution is -2.58. The molecule has 1 fully saturated rings. The number of thiazole rings is 1. The topological polar surface area (TPSA) is 120 Å². The Hall–Kier alpha value is -3.46. The van der Waals surface area contributed by atoms with Crippen molar-refractivity contribution in [1.29, 1.82) is 0 Å². The molecule has 0 bridgehead atoms. The molecular formula is C32H41F5N4O5S. The van der Waals surface area contributed by atoms with Gasteiger partial charge in [0.25, 0.3) is 0 Å². The predicted molar refractivity (Wildman–Crippen MR) is 164 cm³/mol. The predicted octanol–water partition coefficient (Wildman–Crippen LogP) is 5.52. The van der Waals surface area contributed by atoms with Gasteiger partial charge in [-0.25, -0.2) is 26.9 Å². The average molecular weight is 689 g/mol. The molecule has 3 rings (SSSR count). The summed E-state index contributed by atoms with van der Waals surface area (Å²) in [6.45, 7) is 8.20. The zero-order valence-electron chi connectivity index (χ0n) is 27.2. The van der Waals surface area contributed by atoms with E-state index < -0.39 is 76.5 Å². The second kappa shape index (κ2) is 16.1. The third-order valence-electron chi connectivity index (χ3n) is 8.95. The molecule has 260 valence electrons. The van der Waals surface area contributed by atoms with Crippen molar-refractivity contribution in [2.75, 3.05) is 20.6 Å². The number of carboxylic acid groups (broad SMARTS) is 1. The van der Waals surface area contributed by atoms with Crippen LogP contribution in [0.1, 0.15) is 93.2 Å². The second-order valence-corrected chi connectivity index (χ2v) is 13.4. The first-order valence-electron chi connectivity index (χ1n) is 15.5. The van der Waals surface area contributed by atoms with E-state index in [1.807, 2.05) is 39.6 Å². The Morgan fingerprint density at radius 3 is 2.17 bits per heavy atom. The van der Waals surface area contributed by atoms with E-state index in [0.717, 1.165) is 36.1 Å². The van der Waals surface area contributed by atoms with Crippen LogP contribution in [0, 0.1) is 40.9 Å².